The Labute approximate surface area is 65.9 Å². The summed E-state index contributed by atoms with van der Waals surface area (Å²) in [6, 6.07) is 5.47. The lowest BCUT2D eigenvalue weighted by Crippen LogP contribution is -2.27. The van der Waals surface area contributed by atoms with Crippen molar-refractivity contribution in [1.82, 2.24) is 4.98 Å². The fourth-order valence-electron chi connectivity index (χ4n) is 0.852. The molecule has 0 saturated carbocycles. The number of hydrogen-bond donors (Lipinski definition) is 2. The largest absolute Gasteiger partial charge is 0.395 e. The van der Waals surface area contributed by atoms with Crippen molar-refractivity contribution < 1.29 is 5.11 Å². The highest BCUT2D eigenvalue weighted by molar-refractivity contribution is 5.04. The molecule has 0 amide bonds. The third kappa shape index (κ3) is 2.65. The molecule has 1 heterocycles. The highest BCUT2D eigenvalue weighted by atomic mass is 16.3. The van der Waals surface area contributed by atoms with Gasteiger partial charge in [-0.15, -0.1) is 0 Å². The van der Waals surface area contributed by atoms with Gasteiger partial charge in [-0.05, 0) is 12.1 Å². The van der Waals surface area contributed by atoms with Crippen molar-refractivity contribution in [3.05, 3.63) is 30.1 Å². The van der Waals surface area contributed by atoms with E-state index >= 15 is 0 Å². The van der Waals surface area contributed by atoms with Crippen molar-refractivity contribution in [2.75, 3.05) is 6.61 Å². The number of rotatable bonds is 3. The molecule has 0 aromatic carbocycles. The van der Waals surface area contributed by atoms with Gasteiger partial charge in [0.2, 0.25) is 0 Å². The van der Waals surface area contributed by atoms with Crippen LogP contribution in [0.1, 0.15) is 5.69 Å². The minimum atomic E-state index is -0.190. The van der Waals surface area contributed by atoms with Crippen molar-refractivity contribution in [2.24, 2.45) is 5.73 Å². The minimum absolute atomic E-state index is 0.0105. The average molecular weight is 152 g/mol. The van der Waals surface area contributed by atoms with Gasteiger partial charge in [-0.3, -0.25) is 4.98 Å². The number of nitrogens with zero attached hydrogens (tertiary/aromatic N) is 1. The zero-order chi connectivity index (χ0) is 8.10. The molecule has 0 bridgehead atoms. The van der Waals surface area contributed by atoms with Gasteiger partial charge in [0.05, 0.1) is 6.61 Å². The molecule has 0 aliphatic carbocycles. The van der Waals surface area contributed by atoms with Crippen LogP contribution < -0.4 is 5.73 Å². The Balaban J connectivity index is 2.51. The predicted molar refractivity (Wildman–Crippen MR) is 43.0 cm³/mol. The maximum atomic E-state index is 8.64. The van der Waals surface area contributed by atoms with Crippen LogP contribution in [0.2, 0.25) is 0 Å². The summed E-state index contributed by atoms with van der Waals surface area (Å²) in [6.07, 6.45) is 2.36. The quantitative estimate of drug-likeness (QED) is 0.638. The van der Waals surface area contributed by atoms with E-state index in [1.54, 1.807) is 6.20 Å². The van der Waals surface area contributed by atoms with Crippen LogP contribution in [0.15, 0.2) is 24.4 Å². The second-order valence-electron chi connectivity index (χ2n) is 2.47. The van der Waals surface area contributed by atoms with Gasteiger partial charge < -0.3 is 10.8 Å². The van der Waals surface area contributed by atoms with Gasteiger partial charge in [-0.2, -0.15) is 0 Å². The van der Waals surface area contributed by atoms with E-state index in [4.69, 9.17) is 10.8 Å². The molecule has 3 nitrogen and oxygen atoms in total. The number of pyridine rings is 1. The molecule has 60 valence electrons. The molecule has 1 aromatic rings. The van der Waals surface area contributed by atoms with Crippen LogP contribution in [-0.4, -0.2) is 22.7 Å². The summed E-state index contributed by atoms with van der Waals surface area (Å²) in [4.78, 5) is 4.08. The third-order valence-electron chi connectivity index (χ3n) is 1.43. The van der Waals surface area contributed by atoms with E-state index in [0.29, 0.717) is 6.42 Å². The molecule has 1 aromatic heterocycles. The van der Waals surface area contributed by atoms with E-state index in [9.17, 15) is 0 Å². The Morgan fingerprint density at radius 2 is 2.36 bits per heavy atom. The molecule has 0 radical (unpaired) electrons. The van der Waals surface area contributed by atoms with Crippen molar-refractivity contribution in [3.63, 3.8) is 0 Å². The molecular formula is C8H12N2O. The van der Waals surface area contributed by atoms with Gasteiger partial charge >= 0.3 is 0 Å². The van der Waals surface area contributed by atoms with Crippen LogP contribution in [-0.2, 0) is 6.42 Å². The van der Waals surface area contributed by atoms with Crippen LogP contribution in [0.25, 0.3) is 0 Å². The van der Waals surface area contributed by atoms with E-state index in [1.165, 1.54) is 0 Å². The molecule has 0 aliphatic heterocycles. The normalized spacial score (nSPS) is 12.9. The molecule has 0 aliphatic rings. The highest BCUT2D eigenvalue weighted by Gasteiger charge is 2.01. The smallest absolute Gasteiger partial charge is 0.0586 e. The predicted octanol–water partition coefficient (Wildman–Crippen LogP) is -0.0563. The first kappa shape index (κ1) is 8.17. The lowest BCUT2D eigenvalue weighted by molar-refractivity contribution is 0.264. The Hall–Kier alpha value is -0.930. The molecule has 3 heteroatoms. The van der Waals surface area contributed by atoms with Crippen LogP contribution in [0.5, 0.6) is 0 Å². The highest BCUT2D eigenvalue weighted by Crippen LogP contribution is 1.96. The number of hydrogen-bond acceptors (Lipinski definition) is 3. The van der Waals surface area contributed by atoms with Gasteiger partial charge in [-0.1, -0.05) is 6.07 Å². The molecule has 0 spiro atoms. The van der Waals surface area contributed by atoms with E-state index in [1.807, 2.05) is 18.2 Å². The summed E-state index contributed by atoms with van der Waals surface area (Å²) in [5.74, 6) is 0. The topological polar surface area (TPSA) is 59.1 Å². The van der Waals surface area contributed by atoms with Gasteiger partial charge in [0, 0.05) is 24.4 Å². The van der Waals surface area contributed by atoms with Crippen LogP contribution in [0, 0.1) is 0 Å². The van der Waals surface area contributed by atoms with Crippen molar-refractivity contribution in [1.29, 1.82) is 0 Å². The van der Waals surface area contributed by atoms with Crippen LogP contribution >= 0.6 is 0 Å². The molecule has 11 heavy (non-hydrogen) atoms. The maximum absolute atomic E-state index is 8.64. The van der Waals surface area contributed by atoms with Crippen molar-refractivity contribution in [2.45, 2.75) is 12.5 Å². The molecule has 0 fully saturated rings. The second kappa shape index (κ2) is 4.05. The molecule has 1 atom stereocenters. The van der Waals surface area contributed by atoms with Crippen LogP contribution in [0.3, 0.4) is 0 Å². The van der Waals surface area contributed by atoms with E-state index in [2.05, 4.69) is 4.98 Å². The summed E-state index contributed by atoms with van der Waals surface area (Å²) < 4.78 is 0. The monoisotopic (exact) mass is 152 g/mol. The van der Waals surface area contributed by atoms with Crippen LogP contribution in [0.4, 0.5) is 0 Å². The van der Waals surface area contributed by atoms with E-state index in [-0.39, 0.29) is 12.6 Å². The first-order valence-corrected chi connectivity index (χ1v) is 3.59. The fourth-order valence-corrected chi connectivity index (χ4v) is 0.852. The Bertz CT molecular complexity index is 201. The molecule has 0 unspecified atom stereocenters. The Morgan fingerprint density at radius 1 is 1.55 bits per heavy atom. The Kier molecular flexibility index (Phi) is 3.01. The Morgan fingerprint density at radius 3 is 2.91 bits per heavy atom. The van der Waals surface area contributed by atoms with E-state index < -0.39 is 0 Å². The first-order valence-electron chi connectivity index (χ1n) is 3.59. The lowest BCUT2D eigenvalue weighted by Gasteiger charge is -2.05. The zero-order valence-electron chi connectivity index (χ0n) is 6.27. The van der Waals surface area contributed by atoms with Gasteiger partial charge in [-0.25, -0.2) is 0 Å². The molecular weight excluding hydrogens is 140 g/mol. The molecule has 0 saturated heterocycles. The number of nitrogens with two attached hydrogens (primary N) is 1. The summed E-state index contributed by atoms with van der Waals surface area (Å²) in [5.41, 5.74) is 6.44. The first-order chi connectivity index (χ1) is 5.33. The maximum Gasteiger partial charge on any atom is 0.0586 e. The van der Waals surface area contributed by atoms with Gasteiger partial charge in [0.15, 0.2) is 0 Å². The fraction of sp³-hybridized carbons (Fsp3) is 0.375. The lowest BCUT2D eigenvalue weighted by atomic mass is 10.2. The van der Waals surface area contributed by atoms with Crippen molar-refractivity contribution >= 4 is 0 Å². The summed E-state index contributed by atoms with van der Waals surface area (Å²) in [5, 5.41) is 8.64. The summed E-state index contributed by atoms with van der Waals surface area (Å²) in [7, 11) is 0. The SMILES string of the molecule is N[C@@H](CO)Cc1ccccn1. The number of aliphatic hydroxyl groups is 1. The van der Waals surface area contributed by atoms with Crippen molar-refractivity contribution in [3.8, 4) is 0 Å². The summed E-state index contributed by atoms with van der Waals surface area (Å²) in [6.45, 7) is 0.0105. The van der Waals surface area contributed by atoms with E-state index in [0.717, 1.165) is 5.69 Å². The number of aromatic nitrogens is 1. The third-order valence-corrected chi connectivity index (χ3v) is 1.43. The van der Waals surface area contributed by atoms with Gasteiger partial charge in [0.1, 0.15) is 0 Å². The average Bonchev–Trinajstić information content (AvgIpc) is 2.06. The minimum Gasteiger partial charge on any atom is -0.395 e. The molecule has 1 rings (SSSR count). The standard InChI is InChI=1S/C8H12N2O/c9-7(6-11)5-8-3-1-2-4-10-8/h1-4,7,11H,5-6,9H2/t7-/m1/s1. The zero-order valence-corrected chi connectivity index (χ0v) is 6.27. The second-order valence-corrected chi connectivity index (χ2v) is 2.47. The molecule has 3 N–H and O–H groups in total. The van der Waals surface area contributed by atoms with Gasteiger partial charge in [0.25, 0.3) is 0 Å². The summed E-state index contributed by atoms with van der Waals surface area (Å²) >= 11 is 0. The number of aliphatic hydroxyl groups excluding tert-OH is 1.